The Balaban J connectivity index is 1.83. The smallest absolute Gasteiger partial charge is 0.241 e. The molecule has 4 rings (SSSR count). The monoisotopic (exact) mass is 449 g/mol. The molecule has 5 nitrogen and oxygen atoms in total. The summed E-state index contributed by atoms with van der Waals surface area (Å²) in [4.78, 5) is 14.0. The molecule has 1 atom stereocenters. The largest absolute Gasteiger partial charge is 0.381 e. The Labute approximate surface area is 189 Å². The Morgan fingerprint density at radius 2 is 1.44 bits per heavy atom. The van der Waals surface area contributed by atoms with Gasteiger partial charge in [0.25, 0.3) is 0 Å². The van der Waals surface area contributed by atoms with Crippen LogP contribution in [0.15, 0.2) is 89.8 Å². The van der Waals surface area contributed by atoms with E-state index in [2.05, 4.69) is 4.72 Å². The van der Waals surface area contributed by atoms with Gasteiger partial charge in [-0.25, -0.2) is 8.42 Å². The number of ketones is 1. The minimum absolute atomic E-state index is 0.143. The van der Waals surface area contributed by atoms with Gasteiger partial charge in [0, 0.05) is 24.2 Å². The molecule has 0 amide bonds. The maximum atomic E-state index is 13.8. The molecule has 0 spiro atoms. The first-order valence-electron chi connectivity index (χ1n) is 10.7. The predicted octanol–water partition coefficient (Wildman–Crippen LogP) is 4.27. The molecule has 1 N–H and O–H groups in total. The van der Waals surface area contributed by atoms with E-state index in [9.17, 15) is 13.2 Å². The van der Waals surface area contributed by atoms with Crippen LogP contribution in [0.25, 0.3) is 0 Å². The maximum Gasteiger partial charge on any atom is 0.241 e. The Kier molecular flexibility index (Phi) is 6.55. The summed E-state index contributed by atoms with van der Waals surface area (Å²) in [5, 5.41) is 0. The minimum atomic E-state index is -3.94. The van der Waals surface area contributed by atoms with E-state index in [0.29, 0.717) is 31.6 Å². The lowest BCUT2D eigenvalue weighted by Crippen LogP contribution is -2.57. The van der Waals surface area contributed by atoms with E-state index in [1.165, 1.54) is 0 Å². The molecule has 1 saturated heterocycles. The quantitative estimate of drug-likeness (QED) is 0.547. The van der Waals surface area contributed by atoms with Gasteiger partial charge in [0.05, 0.1) is 10.9 Å². The number of carbonyl (C=O) groups is 1. The molecule has 6 heteroatoms. The number of benzene rings is 3. The number of hydrogen-bond acceptors (Lipinski definition) is 4. The van der Waals surface area contributed by atoms with Crippen LogP contribution >= 0.6 is 0 Å². The van der Waals surface area contributed by atoms with Crippen LogP contribution in [0.4, 0.5) is 0 Å². The van der Waals surface area contributed by atoms with Gasteiger partial charge in [0.1, 0.15) is 0 Å². The molecule has 1 heterocycles. The standard InChI is InChI=1S/C26H27NO4S/c1-20-12-14-23(15-13-20)32(29,30)27-25(24(28)21-8-4-2-5-9-21)26(16-18-31-19-17-26)22-10-6-3-7-11-22/h2-15,25,27H,16-19H2,1H3/t25-/m1/s1. The first-order chi connectivity index (χ1) is 15.4. The number of sulfonamides is 1. The fourth-order valence-electron chi connectivity index (χ4n) is 4.38. The lowest BCUT2D eigenvalue weighted by atomic mass is 9.67. The van der Waals surface area contributed by atoms with E-state index in [1.807, 2.05) is 43.3 Å². The lowest BCUT2D eigenvalue weighted by molar-refractivity contribution is 0.0361. The van der Waals surface area contributed by atoms with Gasteiger partial charge >= 0.3 is 0 Å². The van der Waals surface area contributed by atoms with E-state index in [-0.39, 0.29) is 10.7 Å². The van der Waals surface area contributed by atoms with Crippen molar-refractivity contribution in [2.24, 2.45) is 0 Å². The van der Waals surface area contributed by atoms with Crippen molar-refractivity contribution in [2.75, 3.05) is 13.2 Å². The van der Waals surface area contributed by atoms with Crippen LogP contribution in [0.3, 0.4) is 0 Å². The summed E-state index contributed by atoms with van der Waals surface area (Å²) in [6.45, 7) is 2.82. The van der Waals surface area contributed by atoms with E-state index >= 15 is 0 Å². The van der Waals surface area contributed by atoms with Crippen LogP contribution in [0.1, 0.15) is 34.3 Å². The Morgan fingerprint density at radius 3 is 2.03 bits per heavy atom. The number of ether oxygens (including phenoxy) is 1. The van der Waals surface area contributed by atoms with Gasteiger partial charge in [0.15, 0.2) is 5.78 Å². The zero-order valence-corrected chi connectivity index (χ0v) is 18.8. The van der Waals surface area contributed by atoms with Crippen molar-refractivity contribution in [2.45, 2.75) is 36.1 Å². The molecule has 0 aromatic heterocycles. The predicted molar refractivity (Wildman–Crippen MR) is 124 cm³/mol. The number of hydrogen-bond donors (Lipinski definition) is 1. The molecule has 3 aromatic rings. The van der Waals surface area contributed by atoms with Crippen molar-refractivity contribution in [3.8, 4) is 0 Å². The minimum Gasteiger partial charge on any atom is -0.381 e. The fraction of sp³-hybridized carbons (Fsp3) is 0.269. The first-order valence-corrected chi connectivity index (χ1v) is 12.2. The summed E-state index contributed by atoms with van der Waals surface area (Å²) in [5.41, 5.74) is 1.66. The van der Waals surface area contributed by atoms with Crippen molar-refractivity contribution in [1.82, 2.24) is 4.72 Å². The van der Waals surface area contributed by atoms with E-state index < -0.39 is 21.5 Å². The number of aryl methyl sites for hydroxylation is 1. The topological polar surface area (TPSA) is 72.5 Å². The normalized spacial score (nSPS) is 16.9. The molecule has 1 aliphatic heterocycles. The second-order valence-electron chi connectivity index (χ2n) is 8.23. The first kappa shape index (κ1) is 22.4. The highest BCUT2D eigenvalue weighted by Gasteiger charge is 2.47. The third-order valence-electron chi connectivity index (χ3n) is 6.21. The summed E-state index contributed by atoms with van der Waals surface area (Å²) >= 11 is 0. The van der Waals surface area contributed by atoms with Crippen LogP contribution in [-0.4, -0.2) is 33.5 Å². The molecule has 1 aliphatic rings. The Hall–Kier alpha value is -2.80. The third-order valence-corrected chi connectivity index (χ3v) is 7.65. The summed E-state index contributed by atoms with van der Waals surface area (Å²) in [6, 6.07) is 24.3. The van der Waals surface area contributed by atoms with Crippen LogP contribution in [0.2, 0.25) is 0 Å². The second kappa shape index (κ2) is 9.36. The SMILES string of the molecule is Cc1ccc(S(=O)(=O)N[C@H](C(=O)c2ccccc2)C2(c3ccccc3)CCOCC2)cc1. The molecular weight excluding hydrogens is 422 g/mol. The second-order valence-corrected chi connectivity index (χ2v) is 9.95. The van der Waals surface area contributed by atoms with Crippen molar-refractivity contribution >= 4 is 15.8 Å². The zero-order chi connectivity index (χ0) is 22.6. The van der Waals surface area contributed by atoms with Gasteiger partial charge in [-0.2, -0.15) is 4.72 Å². The molecule has 32 heavy (non-hydrogen) atoms. The molecule has 0 saturated carbocycles. The van der Waals surface area contributed by atoms with Gasteiger partial charge in [0.2, 0.25) is 10.0 Å². The van der Waals surface area contributed by atoms with Crippen LogP contribution in [0, 0.1) is 6.92 Å². The maximum absolute atomic E-state index is 13.8. The summed E-state index contributed by atoms with van der Waals surface area (Å²) < 4.78 is 35.2. The lowest BCUT2D eigenvalue weighted by Gasteiger charge is -2.43. The van der Waals surface area contributed by atoms with E-state index in [0.717, 1.165) is 11.1 Å². The van der Waals surface area contributed by atoms with Gasteiger partial charge in [-0.3, -0.25) is 4.79 Å². The molecule has 0 radical (unpaired) electrons. The van der Waals surface area contributed by atoms with E-state index in [1.54, 1.807) is 48.5 Å². The molecule has 3 aromatic carbocycles. The molecule has 1 fully saturated rings. The van der Waals surface area contributed by atoms with Crippen molar-refractivity contribution in [1.29, 1.82) is 0 Å². The third kappa shape index (κ3) is 4.53. The Bertz CT molecular complexity index is 1150. The number of nitrogens with one attached hydrogen (secondary N) is 1. The van der Waals surface area contributed by atoms with Gasteiger partial charge in [-0.05, 0) is 37.5 Å². The zero-order valence-electron chi connectivity index (χ0n) is 18.0. The van der Waals surface area contributed by atoms with Crippen molar-refractivity contribution in [3.05, 3.63) is 102 Å². The molecular formula is C26H27NO4S. The van der Waals surface area contributed by atoms with Crippen LogP contribution in [-0.2, 0) is 20.2 Å². The Morgan fingerprint density at radius 1 is 0.875 bits per heavy atom. The van der Waals surface area contributed by atoms with Gasteiger partial charge < -0.3 is 4.74 Å². The van der Waals surface area contributed by atoms with E-state index in [4.69, 9.17) is 4.74 Å². The summed E-state index contributed by atoms with van der Waals surface area (Å²) in [5.74, 6) is -0.243. The number of carbonyl (C=O) groups excluding carboxylic acids is 1. The number of Topliss-reactive ketones (excluding diaryl/α,β-unsaturated/α-hetero) is 1. The fourth-order valence-corrected chi connectivity index (χ4v) is 5.65. The number of rotatable bonds is 7. The average molecular weight is 450 g/mol. The molecule has 0 unspecified atom stereocenters. The highest BCUT2D eigenvalue weighted by Crippen LogP contribution is 2.40. The van der Waals surface area contributed by atoms with Gasteiger partial charge in [-0.15, -0.1) is 0 Å². The van der Waals surface area contributed by atoms with Crippen LogP contribution in [0.5, 0.6) is 0 Å². The molecule has 0 aliphatic carbocycles. The molecule has 166 valence electrons. The van der Waals surface area contributed by atoms with Crippen molar-refractivity contribution < 1.29 is 17.9 Å². The average Bonchev–Trinajstić information content (AvgIpc) is 2.84. The highest BCUT2D eigenvalue weighted by molar-refractivity contribution is 7.89. The van der Waals surface area contributed by atoms with Gasteiger partial charge in [-0.1, -0.05) is 78.4 Å². The highest BCUT2D eigenvalue weighted by atomic mass is 32.2. The summed E-state index contributed by atoms with van der Waals surface area (Å²) in [7, 11) is -3.94. The molecule has 0 bridgehead atoms. The van der Waals surface area contributed by atoms with Crippen molar-refractivity contribution in [3.63, 3.8) is 0 Å². The van der Waals surface area contributed by atoms with Crippen LogP contribution < -0.4 is 4.72 Å². The summed E-state index contributed by atoms with van der Waals surface area (Å²) in [6.07, 6.45) is 1.08.